The summed E-state index contributed by atoms with van der Waals surface area (Å²) in [5, 5.41) is 25.6. The van der Waals surface area contributed by atoms with Gasteiger partial charge in [0.25, 0.3) is 5.91 Å². The number of nitrogens with zero attached hydrogens (tertiary/aromatic N) is 6. The number of carbonyl (C=O) groups excluding carboxylic acids is 1. The van der Waals surface area contributed by atoms with Gasteiger partial charge in [-0.25, -0.2) is 14.2 Å². The third-order valence-corrected chi connectivity index (χ3v) is 7.30. The smallest absolute Gasteiger partial charge is 0.405 e. The Labute approximate surface area is 227 Å². The summed E-state index contributed by atoms with van der Waals surface area (Å²) in [5.41, 5.74) is 4.79. The fourth-order valence-electron chi connectivity index (χ4n) is 5.44. The highest BCUT2D eigenvalue weighted by molar-refractivity contribution is 6.01. The van der Waals surface area contributed by atoms with Crippen LogP contribution in [0.3, 0.4) is 0 Å². The molecule has 2 N–H and O–H groups in total. The maximum atomic E-state index is 13.4. The van der Waals surface area contributed by atoms with Crippen LogP contribution in [-0.4, -0.2) is 67.1 Å². The van der Waals surface area contributed by atoms with Crippen molar-refractivity contribution in [3.63, 3.8) is 0 Å². The highest BCUT2D eigenvalue weighted by atomic mass is 19.1. The molecule has 1 atom stereocenters. The SMILES string of the molecule is Cn1c(-c2cc3cccc(C#N)c3n2Cc2ccno2)nc2cc3c(cc21)CCN(C[C@@H](CF)NC(=O)O)C3=O. The molecule has 0 saturated heterocycles. The number of carbonyl (C=O) groups is 2. The van der Waals surface area contributed by atoms with E-state index in [0.29, 0.717) is 47.7 Å². The van der Waals surface area contributed by atoms with Gasteiger partial charge in [0.2, 0.25) is 0 Å². The summed E-state index contributed by atoms with van der Waals surface area (Å²) < 4.78 is 22.7. The molecule has 0 radical (unpaired) electrons. The van der Waals surface area contributed by atoms with Crippen molar-refractivity contribution in [2.24, 2.45) is 7.05 Å². The Kier molecular flexibility index (Phi) is 6.18. The van der Waals surface area contributed by atoms with Crippen LogP contribution >= 0.6 is 0 Å². The molecule has 0 bridgehead atoms. The Morgan fingerprint density at radius 2 is 2.15 bits per heavy atom. The summed E-state index contributed by atoms with van der Waals surface area (Å²) in [4.78, 5) is 30.7. The average molecular weight is 542 g/mol. The molecule has 1 aliphatic heterocycles. The normalized spacial score (nSPS) is 13.9. The molecule has 0 unspecified atom stereocenters. The van der Waals surface area contributed by atoms with Crippen LogP contribution < -0.4 is 5.32 Å². The van der Waals surface area contributed by atoms with Gasteiger partial charge in [0.05, 0.1) is 46.6 Å². The number of halogens is 1. The summed E-state index contributed by atoms with van der Waals surface area (Å²) in [5.74, 6) is 0.971. The number of para-hydroxylation sites is 1. The van der Waals surface area contributed by atoms with Crippen molar-refractivity contribution in [2.75, 3.05) is 19.8 Å². The van der Waals surface area contributed by atoms with Crippen LogP contribution in [0, 0.1) is 11.3 Å². The molecule has 4 heterocycles. The van der Waals surface area contributed by atoms with Gasteiger partial charge in [-0.15, -0.1) is 0 Å². The van der Waals surface area contributed by atoms with Crippen LogP contribution in [-0.2, 0) is 20.0 Å². The maximum absolute atomic E-state index is 13.4. The third kappa shape index (κ3) is 4.21. The lowest BCUT2D eigenvalue weighted by Gasteiger charge is -2.31. The summed E-state index contributed by atoms with van der Waals surface area (Å²) >= 11 is 0. The molecule has 202 valence electrons. The van der Waals surface area contributed by atoms with Crippen LogP contribution in [0.15, 0.2) is 53.2 Å². The molecule has 0 spiro atoms. The van der Waals surface area contributed by atoms with E-state index in [1.807, 2.05) is 40.4 Å². The fraction of sp³-hybridized carbons (Fsp3) is 0.250. The minimum absolute atomic E-state index is 0.0600. The highest BCUT2D eigenvalue weighted by Crippen LogP contribution is 2.34. The first-order valence-corrected chi connectivity index (χ1v) is 12.6. The van der Waals surface area contributed by atoms with Gasteiger partial charge in [-0.2, -0.15) is 5.26 Å². The van der Waals surface area contributed by atoms with Crippen molar-refractivity contribution in [3.8, 4) is 17.6 Å². The predicted octanol–water partition coefficient (Wildman–Crippen LogP) is 3.71. The van der Waals surface area contributed by atoms with Gasteiger partial charge < -0.3 is 29.0 Å². The standard InChI is InChI=1S/C28H24FN7O4/c1-34-23-9-16-6-8-35(14-19(12-29)32-28(38)39)27(37)21(16)11-22(23)33-26(34)24-10-17-3-2-4-18(13-30)25(17)36(24)15-20-5-7-31-40-20/h2-5,7,9-11,19,32H,6,8,12,14-15H2,1H3,(H,38,39)/t19-/m1/s1. The number of aromatic nitrogens is 4. The van der Waals surface area contributed by atoms with E-state index in [4.69, 9.17) is 14.6 Å². The van der Waals surface area contributed by atoms with Crippen molar-refractivity contribution < 1.29 is 23.6 Å². The molecule has 0 fully saturated rings. The number of amides is 2. The Hall–Kier alpha value is -5.18. The molecule has 2 aromatic carbocycles. The molecule has 6 rings (SSSR count). The van der Waals surface area contributed by atoms with Gasteiger partial charge in [-0.3, -0.25) is 4.79 Å². The predicted molar refractivity (Wildman–Crippen MR) is 142 cm³/mol. The summed E-state index contributed by atoms with van der Waals surface area (Å²) in [6.45, 7) is -0.288. The Balaban J connectivity index is 1.43. The Bertz CT molecular complexity index is 1820. The number of alkyl halides is 1. The number of aryl methyl sites for hydroxylation is 1. The quantitative estimate of drug-likeness (QED) is 0.320. The number of nitrogens with one attached hydrogen (secondary N) is 1. The molecule has 11 nitrogen and oxygen atoms in total. The first kappa shape index (κ1) is 25.1. The second-order valence-corrected chi connectivity index (χ2v) is 9.74. The number of nitriles is 1. The molecular weight excluding hydrogens is 517 g/mol. The van der Waals surface area contributed by atoms with Crippen molar-refractivity contribution >= 4 is 33.9 Å². The zero-order chi connectivity index (χ0) is 28.0. The number of carboxylic acid groups (broad SMARTS) is 1. The zero-order valence-electron chi connectivity index (χ0n) is 21.5. The van der Waals surface area contributed by atoms with Gasteiger partial charge in [0.1, 0.15) is 12.7 Å². The molecule has 12 heteroatoms. The van der Waals surface area contributed by atoms with Gasteiger partial charge in [0.15, 0.2) is 11.6 Å². The van der Waals surface area contributed by atoms with Crippen LogP contribution in [0.1, 0.15) is 27.2 Å². The number of imidazole rings is 1. The number of hydrogen-bond acceptors (Lipinski definition) is 6. The van der Waals surface area contributed by atoms with E-state index in [1.54, 1.807) is 24.4 Å². The second-order valence-electron chi connectivity index (χ2n) is 9.74. The monoisotopic (exact) mass is 541 g/mol. The van der Waals surface area contributed by atoms with E-state index < -0.39 is 18.8 Å². The number of hydrogen-bond donors (Lipinski definition) is 2. The highest BCUT2D eigenvalue weighted by Gasteiger charge is 2.29. The number of fused-ring (bicyclic) bond motifs is 3. The molecular formula is C28H24FN7O4. The zero-order valence-corrected chi connectivity index (χ0v) is 21.5. The van der Waals surface area contributed by atoms with Crippen LogP contribution in [0.4, 0.5) is 9.18 Å². The van der Waals surface area contributed by atoms with E-state index in [0.717, 1.165) is 27.7 Å². The van der Waals surface area contributed by atoms with Crippen molar-refractivity contribution in [2.45, 2.75) is 19.0 Å². The largest absolute Gasteiger partial charge is 0.465 e. The van der Waals surface area contributed by atoms with Crippen molar-refractivity contribution in [3.05, 3.63) is 71.1 Å². The maximum Gasteiger partial charge on any atom is 0.405 e. The minimum Gasteiger partial charge on any atom is -0.465 e. The van der Waals surface area contributed by atoms with Crippen LogP contribution in [0.25, 0.3) is 33.5 Å². The molecule has 3 aromatic heterocycles. The number of benzene rings is 2. The molecule has 5 aromatic rings. The van der Waals surface area contributed by atoms with Gasteiger partial charge in [-0.05, 0) is 36.2 Å². The molecule has 2 amide bonds. The first-order valence-electron chi connectivity index (χ1n) is 12.6. The summed E-state index contributed by atoms with van der Waals surface area (Å²) in [6, 6.07) is 14.2. The van der Waals surface area contributed by atoms with Gasteiger partial charge in [-0.1, -0.05) is 17.3 Å². The van der Waals surface area contributed by atoms with E-state index in [-0.39, 0.29) is 12.5 Å². The molecule has 1 aliphatic rings. The lowest BCUT2D eigenvalue weighted by atomic mass is 9.97. The lowest BCUT2D eigenvalue weighted by Crippen LogP contribution is -2.48. The van der Waals surface area contributed by atoms with E-state index >= 15 is 0 Å². The first-order chi connectivity index (χ1) is 19.4. The topological polar surface area (TPSA) is 142 Å². The summed E-state index contributed by atoms with van der Waals surface area (Å²) in [7, 11) is 1.90. The van der Waals surface area contributed by atoms with Crippen LogP contribution in [0.2, 0.25) is 0 Å². The van der Waals surface area contributed by atoms with Gasteiger partial charge >= 0.3 is 6.09 Å². The molecule has 0 aliphatic carbocycles. The van der Waals surface area contributed by atoms with Crippen LogP contribution in [0.5, 0.6) is 0 Å². The molecule has 40 heavy (non-hydrogen) atoms. The van der Waals surface area contributed by atoms with E-state index in [1.165, 1.54) is 4.90 Å². The van der Waals surface area contributed by atoms with Crippen molar-refractivity contribution in [1.29, 1.82) is 5.26 Å². The second kappa shape index (κ2) is 9.85. The number of rotatable bonds is 7. The van der Waals surface area contributed by atoms with Gasteiger partial charge in [0, 0.05) is 37.2 Å². The van der Waals surface area contributed by atoms with Crippen molar-refractivity contribution in [1.82, 2.24) is 29.5 Å². The average Bonchev–Trinajstić information content (AvgIpc) is 3.67. The Morgan fingerprint density at radius 3 is 2.88 bits per heavy atom. The van der Waals surface area contributed by atoms with E-state index in [2.05, 4.69) is 16.5 Å². The fourth-order valence-corrected chi connectivity index (χ4v) is 5.44. The lowest BCUT2D eigenvalue weighted by molar-refractivity contribution is 0.0714. The summed E-state index contributed by atoms with van der Waals surface area (Å²) in [6.07, 6.45) is 0.776. The minimum atomic E-state index is -1.34. The third-order valence-electron chi connectivity index (χ3n) is 7.30. The van der Waals surface area contributed by atoms with E-state index in [9.17, 15) is 19.2 Å². The Morgan fingerprint density at radius 1 is 1.30 bits per heavy atom. The molecule has 0 saturated carbocycles.